The first-order valence-electron chi connectivity index (χ1n) is 8.23. The van der Waals surface area contributed by atoms with E-state index in [1.54, 1.807) is 26.5 Å². The van der Waals surface area contributed by atoms with E-state index in [-0.39, 0.29) is 18.1 Å². The summed E-state index contributed by atoms with van der Waals surface area (Å²) >= 11 is 0. The van der Waals surface area contributed by atoms with Gasteiger partial charge in [-0.1, -0.05) is 41.9 Å². The Balaban J connectivity index is 2.24. The summed E-state index contributed by atoms with van der Waals surface area (Å²) in [6, 6.07) is 0.0245. The van der Waals surface area contributed by atoms with E-state index in [0.29, 0.717) is 25.3 Å². The second-order valence-corrected chi connectivity index (χ2v) is 9.17. The lowest BCUT2D eigenvalue weighted by Gasteiger charge is -2.25. The molecule has 1 rings (SSSR count). The first-order valence-corrected chi connectivity index (χ1v) is 10.7. The van der Waals surface area contributed by atoms with E-state index < -0.39 is 6.10 Å². The van der Waals surface area contributed by atoms with Gasteiger partial charge in [-0.25, -0.2) is 0 Å². The number of amides is 1. The lowest BCUT2D eigenvalue weighted by Crippen LogP contribution is -2.40. The minimum atomic E-state index is -0.409. The molecule has 1 N–H and O–H groups in total. The molecule has 1 aliphatic heterocycles. The van der Waals surface area contributed by atoms with E-state index in [1.165, 1.54) is 12.8 Å². The Hall–Kier alpha value is 0.0900. The molecule has 0 bridgehead atoms. The molecule has 2 unspecified atom stereocenters. The zero-order valence-electron chi connectivity index (χ0n) is 14.3. The number of hydrogen-bond donors (Lipinski definition) is 1. The van der Waals surface area contributed by atoms with Crippen LogP contribution in [0.15, 0.2) is 0 Å². The summed E-state index contributed by atoms with van der Waals surface area (Å²) in [6.07, 6.45) is 2.82. The molecule has 1 saturated heterocycles. The van der Waals surface area contributed by atoms with Gasteiger partial charge < -0.3 is 14.7 Å². The van der Waals surface area contributed by atoms with E-state index in [2.05, 4.69) is 13.8 Å². The highest BCUT2D eigenvalue weighted by atomic mass is 33.1. The van der Waals surface area contributed by atoms with Crippen molar-refractivity contribution in [3.63, 3.8) is 0 Å². The minimum absolute atomic E-state index is 0.0245. The standard InChI is InChI=1S/C16H31NO3S2/c1-12(2)6-5-7-21-22-11-16(19)17-9-15(18)8-14(17)10-20-13(3)4/h12-15,18H,5-11H2,1-4H3. The molecule has 0 aromatic rings. The number of carbonyl (C=O) groups is 1. The van der Waals surface area contributed by atoms with Gasteiger partial charge in [-0.05, 0) is 32.6 Å². The van der Waals surface area contributed by atoms with Gasteiger partial charge in [0.25, 0.3) is 0 Å². The highest BCUT2D eigenvalue weighted by molar-refractivity contribution is 8.76. The summed E-state index contributed by atoms with van der Waals surface area (Å²) < 4.78 is 5.62. The van der Waals surface area contributed by atoms with Crippen LogP contribution in [0.5, 0.6) is 0 Å². The number of rotatable bonds is 10. The first kappa shape index (κ1) is 20.1. The maximum Gasteiger partial charge on any atom is 0.233 e. The number of likely N-dealkylation sites (tertiary alicyclic amines) is 1. The van der Waals surface area contributed by atoms with Crippen LogP contribution in [-0.4, -0.2) is 58.8 Å². The van der Waals surface area contributed by atoms with Gasteiger partial charge in [-0.2, -0.15) is 0 Å². The van der Waals surface area contributed by atoms with E-state index in [1.807, 2.05) is 13.8 Å². The minimum Gasteiger partial charge on any atom is -0.391 e. The van der Waals surface area contributed by atoms with Gasteiger partial charge in [-0.3, -0.25) is 4.79 Å². The van der Waals surface area contributed by atoms with Crippen molar-refractivity contribution in [3.05, 3.63) is 0 Å². The Bertz CT molecular complexity index is 327. The SMILES string of the molecule is CC(C)CCCSSCC(=O)N1CC(O)CC1COC(C)C. The van der Waals surface area contributed by atoms with Crippen molar-refractivity contribution < 1.29 is 14.6 Å². The predicted octanol–water partition coefficient (Wildman–Crippen LogP) is 3.19. The number of hydrogen-bond acceptors (Lipinski definition) is 5. The van der Waals surface area contributed by atoms with E-state index >= 15 is 0 Å². The normalized spacial score (nSPS) is 22.0. The van der Waals surface area contributed by atoms with Crippen molar-refractivity contribution in [2.24, 2.45) is 5.92 Å². The number of ether oxygens (including phenoxy) is 1. The van der Waals surface area contributed by atoms with Gasteiger partial charge in [0.1, 0.15) is 0 Å². The van der Waals surface area contributed by atoms with Crippen LogP contribution in [0.1, 0.15) is 47.0 Å². The van der Waals surface area contributed by atoms with Crippen LogP contribution in [0.3, 0.4) is 0 Å². The topological polar surface area (TPSA) is 49.8 Å². The lowest BCUT2D eigenvalue weighted by atomic mass is 10.1. The predicted molar refractivity (Wildman–Crippen MR) is 96.2 cm³/mol. The van der Waals surface area contributed by atoms with Gasteiger partial charge in [0.2, 0.25) is 5.91 Å². The molecule has 0 aromatic carbocycles. The molecule has 6 heteroatoms. The third-order valence-electron chi connectivity index (χ3n) is 3.61. The summed E-state index contributed by atoms with van der Waals surface area (Å²) in [6.45, 7) is 9.41. The first-order chi connectivity index (χ1) is 10.4. The van der Waals surface area contributed by atoms with Crippen molar-refractivity contribution in [1.82, 2.24) is 4.90 Å². The van der Waals surface area contributed by atoms with E-state index in [9.17, 15) is 9.90 Å². The number of β-amino-alcohol motifs (C(OH)–C–C–N with tert-alkyl or cyclic N) is 1. The maximum atomic E-state index is 12.3. The van der Waals surface area contributed by atoms with Crippen LogP contribution < -0.4 is 0 Å². The van der Waals surface area contributed by atoms with Crippen molar-refractivity contribution in [2.45, 2.75) is 65.2 Å². The number of aliphatic hydroxyl groups excluding tert-OH is 1. The van der Waals surface area contributed by atoms with Crippen LogP contribution in [-0.2, 0) is 9.53 Å². The average Bonchev–Trinajstić information content (AvgIpc) is 2.81. The molecule has 0 spiro atoms. The molecule has 22 heavy (non-hydrogen) atoms. The zero-order valence-corrected chi connectivity index (χ0v) is 15.9. The Morgan fingerprint density at radius 3 is 2.68 bits per heavy atom. The van der Waals surface area contributed by atoms with Crippen LogP contribution in [0, 0.1) is 5.92 Å². The van der Waals surface area contributed by atoms with Crippen molar-refractivity contribution in [3.8, 4) is 0 Å². The highest BCUT2D eigenvalue weighted by Crippen LogP contribution is 2.26. The molecule has 2 atom stereocenters. The monoisotopic (exact) mass is 349 g/mol. The fourth-order valence-corrected chi connectivity index (χ4v) is 4.46. The highest BCUT2D eigenvalue weighted by Gasteiger charge is 2.34. The molecule has 1 heterocycles. The molecule has 1 aliphatic rings. The molecule has 1 amide bonds. The summed E-state index contributed by atoms with van der Waals surface area (Å²) in [5.41, 5.74) is 0. The van der Waals surface area contributed by atoms with Crippen LogP contribution in [0.25, 0.3) is 0 Å². The Labute approximate surface area is 143 Å². The van der Waals surface area contributed by atoms with Gasteiger partial charge in [-0.15, -0.1) is 0 Å². The second-order valence-electron chi connectivity index (χ2n) is 6.59. The fourth-order valence-electron chi connectivity index (χ4n) is 2.44. The molecule has 0 saturated carbocycles. The van der Waals surface area contributed by atoms with Crippen LogP contribution in [0.4, 0.5) is 0 Å². The zero-order chi connectivity index (χ0) is 16.5. The Kier molecular flexibility index (Phi) is 9.87. The largest absolute Gasteiger partial charge is 0.391 e. The molecule has 1 fully saturated rings. The second kappa shape index (κ2) is 10.8. The molecular formula is C16H31NO3S2. The van der Waals surface area contributed by atoms with Crippen LogP contribution in [0.2, 0.25) is 0 Å². The summed E-state index contributed by atoms with van der Waals surface area (Å²) in [5, 5.41) is 9.82. The number of carbonyl (C=O) groups excluding carboxylic acids is 1. The maximum absolute atomic E-state index is 12.3. The molecule has 4 nitrogen and oxygen atoms in total. The molecule has 0 aliphatic carbocycles. The van der Waals surface area contributed by atoms with Gasteiger partial charge in [0.15, 0.2) is 0 Å². The van der Waals surface area contributed by atoms with Gasteiger partial charge in [0.05, 0.1) is 30.6 Å². The Morgan fingerprint density at radius 1 is 1.32 bits per heavy atom. The molecule has 0 aromatic heterocycles. The Morgan fingerprint density at radius 2 is 2.05 bits per heavy atom. The summed E-state index contributed by atoms with van der Waals surface area (Å²) in [7, 11) is 3.41. The van der Waals surface area contributed by atoms with Crippen LogP contribution >= 0.6 is 21.6 Å². The van der Waals surface area contributed by atoms with E-state index in [4.69, 9.17) is 4.74 Å². The lowest BCUT2D eigenvalue weighted by molar-refractivity contribution is -0.130. The third-order valence-corrected chi connectivity index (χ3v) is 5.95. The summed E-state index contributed by atoms with van der Waals surface area (Å²) in [5.74, 6) is 2.45. The van der Waals surface area contributed by atoms with Crippen molar-refractivity contribution >= 4 is 27.5 Å². The smallest absolute Gasteiger partial charge is 0.233 e. The van der Waals surface area contributed by atoms with Gasteiger partial charge in [0, 0.05) is 12.3 Å². The third kappa shape index (κ3) is 8.09. The summed E-state index contributed by atoms with van der Waals surface area (Å²) in [4.78, 5) is 14.1. The van der Waals surface area contributed by atoms with Crippen molar-refractivity contribution in [2.75, 3.05) is 24.7 Å². The van der Waals surface area contributed by atoms with Crippen molar-refractivity contribution in [1.29, 1.82) is 0 Å². The van der Waals surface area contributed by atoms with Gasteiger partial charge >= 0.3 is 0 Å². The average molecular weight is 350 g/mol. The molecule has 130 valence electrons. The molecule has 0 radical (unpaired) electrons. The number of aliphatic hydroxyl groups is 1. The number of nitrogens with zero attached hydrogens (tertiary/aromatic N) is 1. The molecular weight excluding hydrogens is 318 g/mol. The van der Waals surface area contributed by atoms with E-state index in [0.717, 1.165) is 11.7 Å². The fraction of sp³-hybridized carbons (Fsp3) is 0.938. The quantitative estimate of drug-likeness (QED) is 0.485.